The summed E-state index contributed by atoms with van der Waals surface area (Å²) in [6.07, 6.45) is 3.36. The molecule has 7 heteroatoms. The lowest BCUT2D eigenvalue weighted by atomic mass is 9.73. The fourth-order valence-corrected chi connectivity index (χ4v) is 5.32. The number of epoxide rings is 1. The molecule has 1 aliphatic carbocycles. The zero-order chi connectivity index (χ0) is 21.6. The Morgan fingerprint density at radius 2 is 2.00 bits per heavy atom. The second-order valence-corrected chi connectivity index (χ2v) is 14.2. The van der Waals surface area contributed by atoms with Gasteiger partial charge in [-0.05, 0) is 50.0 Å². The Hall–Kier alpha value is -1.70. The van der Waals surface area contributed by atoms with E-state index in [2.05, 4.69) is 40.4 Å². The number of ketones is 1. The highest BCUT2D eigenvalue weighted by Gasteiger charge is 2.69. The van der Waals surface area contributed by atoms with Crippen molar-refractivity contribution in [2.45, 2.75) is 78.0 Å². The molecular weight excluding hydrogens is 388 g/mol. The number of carbonyl (C=O) groups is 2. The topological polar surface area (TPSA) is 78.3 Å². The first-order valence-corrected chi connectivity index (χ1v) is 13.6. The Balaban J connectivity index is 2.08. The van der Waals surface area contributed by atoms with Gasteiger partial charge in [0.2, 0.25) is 0 Å². The Labute approximate surface area is 173 Å². The normalized spacial score (nSPS) is 26.0. The summed E-state index contributed by atoms with van der Waals surface area (Å²) in [6.45, 7) is 14.6. The first-order valence-electron chi connectivity index (χ1n) is 10.2. The van der Waals surface area contributed by atoms with E-state index in [1.807, 2.05) is 6.07 Å². The van der Waals surface area contributed by atoms with E-state index in [1.54, 1.807) is 19.5 Å². The predicted octanol–water partition coefficient (Wildman–Crippen LogP) is 4.36. The SMILES string of the molecule is CCOC(=O)C1=C([C@@H](O[Si](C)(C)C)[C@H]2O[C@@]2(c2ccoc2)C(C)(C)C)CCC1=O. The Kier molecular flexibility index (Phi) is 5.70. The van der Waals surface area contributed by atoms with Crippen LogP contribution in [0.5, 0.6) is 0 Å². The quantitative estimate of drug-likeness (QED) is 0.282. The van der Waals surface area contributed by atoms with Crippen LogP contribution in [0.25, 0.3) is 0 Å². The highest BCUT2D eigenvalue weighted by Crippen LogP contribution is 2.61. The summed E-state index contributed by atoms with van der Waals surface area (Å²) in [6, 6.07) is 1.91. The van der Waals surface area contributed by atoms with E-state index in [4.69, 9.17) is 18.3 Å². The van der Waals surface area contributed by atoms with Gasteiger partial charge in [0.15, 0.2) is 14.1 Å². The molecule has 3 rings (SSSR count). The van der Waals surface area contributed by atoms with Gasteiger partial charge in [-0.25, -0.2) is 4.79 Å². The summed E-state index contributed by atoms with van der Waals surface area (Å²) in [5, 5.41) is 0. The molecule has 0 unspecified atom stereocenters. The third kappa shape index (κ3) is 4.00. The van der Waals surface area contributed by atoms with Gasteiger partial charge >= 0.3 is 5.97 Å². The minimum absolute atomic E-state index is 0.153. The fraction of sp³-hybridized carbons (Fsp3) is 0.636. The van der Waals surface area contributed by atoms with Gasteiger partial charge in [0.1, 0.15) is 17.3 Å². The molecule has 0 saturated carbocycles. The van der Waals surface area contributed by atoms with Crippen LogP contribution in [-0.2, 0) is 29.1 Å². The van der Waals surface area contributed by atoms with E-state index in [1.165, 1.54) is 0 Å². The van der Waals surface area contributed by atoms with E-state index < -0.39 is 26.0 Å². The lowest BCUT2D eigenvalue weighted by molar-refractivity contribution is -0.139. The number of ether oxygens (including phenoxy) is 2. The lowest BCUT2D eigenvalue weighted by Gasteiger charge is -2.32. The molecule has 0 radical (unpaired) electrons. The molecule has 2 heterocycles. The Bertz CT molecular complexity index is 811. The van der Waals surface area contributed by atoms with Gasteiger partial charge in [0.25, 0.3) is 0 Å². The van der Waals surface area contributed by atoms with Crippen LogP contribution in [0.3, 0.4) is 0 Å². The molecule has 1 aromatic heterocycles. The molecule has 160 valence electrons. The van der Waals surface area contributed by atoms with Gasteiger partial charge in [-0.15, -0.1) is 0 Å². The van der Waals surface area contributed by atoms with Crippen molar-refractivity contribution in [2.75, 3.05) is 6.61 Å². The van der Waals surface area contributed by atoms with Crippen molar-refractivity contribution in [1.82, 2.24) is 0 Å². The molecule has 0 amide bonds. The fourth-order valence-electron chi connectivity index (χ4n) is 4.29. The second-order valence-electron chi connectivity index (χ2n) is 9.73. The van der Waals surface area contributed by atoms with E-state index in [0.29, 0.717) is 12.8 Å². The van der Waals surface area contributed by atoms with Gasteiger partial charge in [0.05, 0.1) is 25.2 Å². The maximum atomic E-state index is 12.6. The summed E-state index contributed by atoms with van der Waals surface area (Å²) in [7, 11) is -2.02. The van der Waals surface area contributed by atoms with E-state index in [-0.39, 0.29) is 29.5 Å². The molecule has 1 saturated heterocycles. The number of furan rings is 1. The van der Waals surface area contributed by atoms with Crippen LogP contribution in [0.2, 0.25) is 19.6 Å². The molecule has 1 fully saturated rings. The van der Waals surface area contributed by atoms with Crippen molar-refractivity contribution in [3.05, 3.63) is 35.3 Å². The van der Waals surface area contributed by atoms with Crippen LogP contribution in [0.1, 0.15) is 46.1 Å². The Morgan fingerprint density at radius 1 is 1.31 bits per heavy atom. The number of rotatable bonds is 7. The third-order valence-electron chi connectivity index (χ3n) is 5.52. The van der Waals surface area contributed by atoms with Gasteiger partial charge in [-0.2, -0.15) is 0 Å². The molecular formula is C22H32O6Si. The molecule has 3 atom stereocenters. The minimum Gasteiger partial charge on any atom is -0.472 e. The van der Waals surface area contributed by atoms with Crippen LogP contribution in [-0.4, -0.2) is 38.9 Å². The minimum atomic E-state index is -2.02. The zero-order valence-corrected chi connectivity index (χ0v) is 19.5. The number of hydrogen-bond donors (Lipinski definition) is 0. The summed E-state index contributed by atoms with van der Waals surface area (Å²) < 4.78 is 23.5. The summed E-state index contributed by atoms with van der Waals surface area (Å²) in [5.74, 6) is -0.729. The monoisotopic (exact) mass is 420 g/mol. The molecule has 6 nitrogen and oxygen atoms in total. The molecule has 0 spiro atoms. The first kappa shape index (κ1) is 22.0. The summed E-state index contributed by atoms with van der Waals surface area (Å²) in [4.78, 5) is 25.1. The number of hydrogen-bond acceptors (Lipinski definition) is 6. The van der Waals surface area contributed by atoms with E-state index in [9.17, 15) is 9.59 Å². The van der Waals surface area contributed by atoms with Crippen molar-refractivity contribution < 1.29 is 27.9 Å². The predicted molar refractivity (Wildman–Crippen MR) is 111 cm³/mol. The molecule has 0 aromatic carbocycles. The molecule has 2 aliphatic rings. The van der Waals surface area contributed by atoms with Crippen LogP contribution in [0, 0.1) is 5.41 Å². The molecule has 0 N–H and O–H groups in total. The van der Waals surface area contributed by atoms with Gasteiger partial charge < -0.3 is 18.3 Å². The highest BCUT2D eigenvalue weighted by atomic mass is 28.4. The molecule has 1 aliphatic heterocycles. The Morgan fingerprint density at radius 3 is 2.52 bits per heavy atom. The standard InChI is InChI=1S/C22H32O6Si/c1-8-26-20(24)17-15(9-10-16(17)23)18(28-29(5,6)7)19-22(27-19,21(2,3)4)14-11-12-25-13-14/h11-13,18-19H,8-10H2,1-7H3/t18-,19-,22-/m1/s1. The average molecular weight is 421 g/mol. The molecule has 1 aromatic rings. The van der Waals surface area contributed by atoms with Crippen molar-refractivity contribution in [1.29, 1.82) is 0 Å². The number of carbonyl (C=O) groups excluding carboxylic acids is 2. The zero-order valence-electron chi connectivity index (χ0n) is 18.5. The van der Waals surface area contributed by atoms with E-state index in [0.717, 1.165) is 11.1 Å². The highest BCUT2D eigenvalue weighted by molar-refractivity contribution is 6.69. The van der Waals surface area contributed by atoms with Crippen LogP contribution < -0.4 is 0 Å². The largest absolute Gasteiger partial charge is 0.472 e. The summed E-state index contributed by atoms with van der Waals surface area (Å²) >= 11 is 0. The molecule has 29 heavy (non-hydrogen) atoms. The number of esters is 1. The van der Waals surface area contributed by atoms with Gasteiger partial charge in [0, 0.05) is 12.0 Å². The van der Waals surface area contributed by atoms with Crippen LogP contribution >= 0.6 is 0 Å². The van der Waals surface area contributed by atoms with Crippen molar-refractivity contribution in [3.8, 4) is 0 Å². The first-order chi connectivity index (χ1) is 13.4. The smallest absolute Gasteiger partial charge is 0.341 e. The van der Waals surface area contributed by atoms with E-state index >= 15 is 0 Å². The average Bonchev–Trinajstić information content (AvgIpc) is 2.94. The number of Topliss-reactive ketones (excluding diaryl/α,β-unsaturated/α-hetero) is 1. The third-order valence-corrected chi connectivity index (χ3v) is 6.48. The van der Waals surface area contributed by atoms with Crippen molar-refractivity contribution in [3.63, 3.8) is 0 Å². The van der Waals surface area contributed by atoms with Crippen LogP contribution in [0.15, 0.2) is 34.2 Å². The van der Waals surface area contributed by atoms with Crippen molar-refractivity contribution >= 4 is 20.1 Å². The lowest BCUT2D eigenvalue weighted by Crippen LogP contribution is -2.41. The maximum absolute atomic E-state index is 12.6. The summed E-state index contributed by atoms with van der Waals surface area (Å²) in [5.41, 5.74) is 0.969. The van der Waals surface area contributed by atoms with Gasteiger partial charge in [-0.3, -0.25) is 4.79 Å². The second kappa shape index (κ2) is 7.52. The maximum Gasteiger partial charge on any atom is 0.341 e. The van der Waals surface area contributed by atoms with Crippen LogP contribution in [0.4, 0.5) is 0 Å². The van der Waals surface area contributed by atoms with Crippen molar-refractivity contribution in [2.24, 2.45) is 5.41 Å². The van der Waals surface area contributed by atoms with Gasteiger partial charge in [-0.1, -0.05) is 20.8 Å². The molecule has 0 bridgehead atoms.